The molecule has 2 aliphatic rings. The summed E-state index contributed by atoms with van der Waals surface area (Å²) in [6.45, 7) is 6.73. The van der Waals surface area contributed by atoms with Gasteiger partial charge in [-0.2, -0.15) is 0 Å². The topological polar surface area (TPSA) is 40.3 Å². The lowest BCUT2D eigenvalue weighted by atomic mass is 9.95. The summed E-state index contributed by atoms with van der Waals surface area (Å²) in [6, 6.07) is 20.0. The molecule has 4 rings (SSSR count). The van der Waals surface area contributed by atoms with Crippen LogP contribution in [0.2, 0.25) is 0 Å². The number of hydrogen-bond acceptors (Lipinski definition) is 5. The highest BCUT2D eigenvalue weighted by molar-refractivity contribution is 8.86. The predicted molar refractivity (Wildman–Crippen MR) is 115 cm³/mol. The lowest BCUT2D eigenvalue weighted by Gasteiger charge is -2.23. The third-order valence-corrected chi connectivity index (χ3v) is 8.24. The van der Waals surface area contributed by atoms with E-state index in [0.29, 0.717) is 5.84 Å². The molecule has 132 valence electrons. The van der Waals surface area contributed by atoms with Crippen LogP contribution in [-0.2, 0) is 0 Å². The fraction of sp³-hybridized carbons (Fsp3) is 0.200. The number of nitrogens with zero attached hydrogens (tertiary/aromatic N) is 4. The number of hydrazone groups is 1. The third-order valence-electron chi connectivity index (χ3n) is 3.91. The standard InChI is InChI=1S/C20H20N4S2/c1-20(2,3)18-14-17-19(22-21-15-10-6-4-7-11-15)23-24(26(17)25-18)16-12-8-5-9-13-16/h4-14H,1-3H3. The Morgan fingerprint density at radius 2 is 1.58 bits per heavy atom. The van der Waals surface area contributed by atoms with Crippen LogP contribution in [0.5, 0.6) is 0 Å². The minimum Gasteiger partial charge on any atom is -0.201 e. The molecule has 6 heteroatoms. The van der Waals surface area contributed by atoms with Crippen LogP contribution in [0.4, 0.5) is 11.4 Å². The number of amidine groups is 1. The summed E-state index contributed by atoms with van der Waals surface area (Å²) >= 11 is 0. The summed E-state index contributed by atoms with van der Waals surface area (Å²) in [7, 11) is 1.67. The van der Waals surface area contributed by atoms with Crippen LogP contribution in [0.3, 0.4) is 0 Å². The molecule has 0 saturated carbocycles. The van der Waals surface area contributed by atoms with Crippen molar-refractivity contribution < 1.29 is 0 Å². The zero-order valence-corrected chi connectivity index (χ0v) is 16.6. The molecule has 0 spiro atoms. The van der Waals surface area contributed by atoms with Gasteiger partial charge in [-0.3, -0.25) is 0 Å². The van der Waals surface area contributed by atoms with Crippen LogP contribution in [0.1, 0.15) is 20.8 Å². The zero-order chi connectivity index (χ0) is 18.1. The summed E-state index contributed by atoms with van der Waals surface area (Å²) in [6.07, 6.45) is 2.25. The van der Waals surface area contributed by atoms with Crippen molar-refractivity contribution in [1.29, 1.82) is 0 Å². The van der Waals surface area contributed by atoms with E-state index in [4.69, 9.17) is 5.10 Å². The first-order chi connectivity index (χ1) is 12.5. The third kappa shape index (κ3) is 3.39. The van der Waals surface area contributed by atoms with E-state index in [-0.39, 0.29) is 15.1 Å². The first-order valence-electron chi connectivity index (χ1n) is 8.45. The Labute approximate surface area is 160 Å². The zero-order valence-electron chi connectivity index (χ0n) is 15.0. The van der Waals surface area contributed by atoms with Gasteiger partial charge in [0.05, 0.1) is 16.2 Å². The van der Waals surface area contributed by atoms with Crippen LogP contribution in [-0.4, -0.2) is 10.7 Å². The number of anilines is 1. The maximum absolute atomic E-state index is 4.77. The molecule has 0 radical (unpaired) electrons. The van der Waals surface area contributed by atoms with Crippen LogP contribution in [0.25, 0.3) is 0 Å². The van der Waals surface area contributed by atoms with Gasteiger partial charge < -0.3 is 0 Å². The van der Waals surface area contributed by atoms with Gasteiger partial charge in [-0.25, -0.2) is 4.41 Å². The van der Waals surface area contributed by atoms with E-state index in [2.05, 4.69) is 53.6 Å². The van der Waals surface area contributed by atoms with Crippen molar-refractivity contribution in [3.63, 3.8) is 0 Å². The minimum absolute atomic E-state index is 0.110. The highest BCUT2D eigenvalue weighted by Crippen LogP contribution is 2.56. The molecule has 2 aliphatic heterocycles. The summed E-state index contributed by atoms with van der Waals surface area (Å²) in [5.74, 6) is 0.702. The van der Waals surface area contributed by atoms with Crippen LogP contribution in [0, 0.1) is 5.41 Å². The van der Waals surface area contributed by atoms with Crippen LogP contribution in [0.15, 0.2) is 87.0 Å². The van der Waals surface area contributed by atoms with E-state index in [1.165, 1.54) is 4.91 Å². The Hall–Kier alpha value is -2.18. The molecule has 2 aromatic carbocycles. The maximum atomic E-state index is 4.77. The number of para-hydroxylation sites is 1. The van der Waals surface area contributed by atoms with Gasteiger partial charge in [-0.05, 0) is 46.6 Å². The Morgan fingerprint density at radius 1 is 0.923 bits per heavy atom. The number of allylic oxidation sites excluding steroid dienone is 1. The molecule has 0 bridgehead atoms. The van der Waals surface area contributed by atoms with Gasteiger partial charge in [0.1, 0.15) is 0 Å². The fourth-order valence-corrected chi connectivity index (χ4v) is 7.03. The molecule has 0 saturated heterocycles. The second-order valence-electron chi connectivity index (χ2n) is 7.02. The van der Waals surface area contributed by atoms with E-state index in [0.717, 1.165) is 16.2 Å². The Bertz CT molecular complexity index is 939. The minimum atomic E-state index is -0.205. The number of benzene rings is 2. The average Bonchev–Trinajstić information content (AvgIpc) is 3.21. The van der Waals surface area contributed by atoms with Crippen LogP contribution >= 0.6 is 20.5 Å². The summed E-state index contributed by atoms with van der Waals surface area (Å²) in [5, 5.41) is 13.6. The average molecular weight is 381 g/mol. The lowest BCUT2D eigenvalue weighted by molar-refractivity contribution is 0.535. The molecule has 0 aliphatic carbocycles. The van der Waals surface area contributed by atoms with E-state index in [1.54, 1.807) is 0 Å². The first-order valence-corrected chi connectivity index (χ1v) is 11.0. The van der Waals surface area contributed by atoms with Crippen molar-refractivity contribution in [3.8, 4) is 0 Å². The van der Waals surface area contributed by atoms with Gasteiger partial charge >= 0.3 is 0 Å². The van der Waals surface area contributed by atoms with E-state index < -0.39 is 0 Å². The smallest absolute Gasteiger partial charge is 0.201 e. The SMILES string of the molecule is CC(C)(C)C1=CC2=S(S1)N(c1ccccc1)N=C2N=Nc1ccccc1. The highest BCUT2D eigenvalue weighted by atomic mass is 33.1. The molecule has 4 nitrogen and oxygen atoms in total. The summed E-state index contributed by atoms with van der Waals surface area (Å²) in [5.41, 5.74) is 2.02. The van der Waals surface area contributed by atoms with E-state index in [9.17, 15) is 0 Å². The highest BCUT2D eigenvalue weighted by Gasteiger charge is 2.35. The van der Waals surface area contributed by atoms with Crippen molar-refractivity contribution in [1.82, 2.24) is 0 Å². The molecule has 0 N–H and O–H groups in total. The number of azo groups is 1. The second kappa shape index (κ2) is 6.85. The number of hydrogen-bond donors (Lipinski definition) is 0. The van der Waals surface area contributed by atoms with Gasteiger partial charge in [-0.15, -0.1) is 15.3 Å². The predicted octanol–water partition coefficient (Wildman–Crippen LogP) is 6.55. The van der Waals surface area contributed by atoms with Gasteiger partial charge in [-0.1, -0.05) is 57.2 Å². The van der Waals surface area contributed by atoms with Crippen molar-refractivity contribution in [2.75, 3.05) is 4.41 Å². The molecule has 26 heavy (non-hydrogen) atoms. The molecular weight excluding hydrogens is 360 g/mol. The van der Waals surface area contributed by atoms with Gasteiger partial charge in [0.25, 0.3) is 0 Å². The molecule has 2 heterocycles. The second-order valence-corrected chi connectivity index (χ2v) is 10.4. The first kappa shape index (κ1) is 17.2. The monoisotopic (exact) mass is 380 g/mol. The van der Waals surface area contributed by atoms with Crippen molar-refractivity contribution >= 4 is 42.6 Å². The lowest BCUT2D eigenvalue weighted by Crippen LogP contribution is -2.10. The largest absolute Gasteiger partial charge is 0.210 e. The fourth-order valence-electron chi connectivity index (χ4n) is 2.49. The van der Waals surface area contributed by atoms with Crippen molar-refractivity contribution in [2.24, 2.45) is 20.7 Å². The number of rotatable bonds is 2. The summed E-state index contributed by atoms with van der Waals surface area (Å²) in [4.78, 5) is 2.52. The molecular formula is C20H20N4S2. The quantitative estimate of drug-likeness (QED) is 0.336. The molecule has 2 aromatic rings. The molecule has 0 fully saturated rings. The maximum Gasteiger partial charge on any atom is 0.210 e. The van der Waals surface area contributed by atoms with E-state index in [1.807, 2.05) is 59.3 Å². The van der Waals surface area contributed by atoms with E-state index >= 15 is 0 Å². The van der Waals surface area contributed by atoms with Crippen molar-refractivity contribution in [3.05, 3.63) is 71.6 Å². The Balaban J connectivity index is 1.71. The Kier molecular flexibility index (Phi) is 4.54. The molecule has 1 unspecified atom stereocenters. The molecule has 0 aromatic heterocycles. The van der Waals surface area contributed by atoms with Gasteiger partial charge in [0.15, 0.2) is 0 Å². The van der Waals surface area contributed by atoms with Gasteiger partial charge in [0.2, 0.25) is 5.84 Å². The molecule has 1 atom stereocenters. The summed E-state index contributed by atoms with van der Waals surface area (Å²) < 4.78 is 2.08. The van der Waals surface area contributed by atoms with Gasteiger partial charge in [0, 0.05) is 14.6 Å². The normalized spacial score (nSPS) is 19.7. The van der Waals surface area contributed by atoms with Crippen molar-refractivity contribution in [2.45, 2.75) is 20.8 Å². The van der Waals surface area contributed by atoms with Crippen LogP contribution < -0.4 is 4.41 Å². The Morgan fingerprint density at radius 3 is 2.23 bits per heavy atom. The molecule has 0 amide bonds.